The van der Waals surface area contributed by atoms with Gasteiger partial charge in [0.2, 0.25) is 11.7 Å². The number of benzene rings is 1. The van der Waals surface area contributed by atoms with Gasteiger partial charge in [-0.05, 0) is 31.0 Å². The number of amides is 2. The molecule has 2 N–H and O–H groups in total. The Labute approximate surface area is 190 Å². The fraction of sp³-hybridized carbons (Fsp3) is 0.286. The number of hydrogen-bond donors (Lipinski definition) is 2. The zero-order valence-electron chi connectivity index (χ0n) is 17.7. The lowest BCUT2D eigenvalue weighted by molar-refractivity contribution is -0.138. The van der Waals surface area contributed by atoms with Crippen LogP contribution < -0.4 is 20.1 Å². The molecule has 10 nitrogen and oxygen atoms in total. The molecule has 0 spiro atoms. The number of nitrogens with zero attached hydrogens (tertiary/aromatic N) is 3. The third kappa shape index (κ3) is 5.08. The van der Waals surface area contributed by atoms with E-state index in [0.29, 0.717) is 12.8 Å². The second kappa shape index (κ2) is 9.00. The van der Waals surface area contributed by atoms with Crippen molar-refractivity contribution in [1.29, 1.82) is 0 Å². The minimum atomic E-state index is -4.66. The fourth-order valence-electron chi connectivity index (χ4n) is 3.03. The van der Waals surface area contributed by atoms with E-state index in [-0.39, 0.29) is 29.6 Å². The number of hydrogen-bond acceptors (Lipinski definition) is 8. The van der Waals surface area contributed by atoms with Gasteiger partial charge in [-0.2, -0.15) is 13.2 Å². The first-order chi connectivity index (χ1) is 16.2. The van der Waals surface area contributed by atoms with Crippen LogP contribution in [0.5, 0.6) is 17.2 Å². The SMILES string of the molecule is COc1ccc(Oc2cnc(CNC(=O)C3(NC(=O)c4ccno4)CC3)nc2)c(C(F)(F)F)c1. The van der Waals surface area contributed by atoms with Crippen LogP contribution in [0.25, 0.3) is 0 Å². The van der Waals surface area contributed by atoms with E-state index in [1.54, 1.807) is 0 Å². The minimum Gasteiger partial charge on any atom is -0.497 e. The molecule has 0 unspecified atom stereocenters. The smallest absolute Gasteiger partial charge is 0.420 e. The van der Waals surface area contributed by atoms with E-state index < -0.39 is 34.8 Å². The summed E-state index contributed by atoms with van der Waals surface area (Å²) >= 11 is 0. The van der Waals surface area contributed by atoms with Crippen LogP contribution in [0, 0.1) is 0 Å². The maximum absolute atomic E-state index is 13.3. The van der Waals surface area contributed by atoms with Crippen molar-refractivity contribution in [1.82, 2.24) is 25.8 Å². The van der Waals surface area contributed by atoms with Gasteiger partial charge < -0.3 is 24.6 Å². The normalized spacial score (nSPS) is 14.2. The van der Waals surface area contributed by atoms with Crippen LogP contribution in [-0.2, 0) is 17.5 Å². The Morgan fingerprint density at radius 2 is 1.88 bits per heavy atom. The zero-order chi connectivity index (χ0) is 24.3. The maximum Gasteiger partial charge on any atom is 0.420 e. The highest BCUT2D eigenvalue weighted by atomic mass is 19.4. The summed E-state index contributed by atoms with van der Waals surface area (Å²) in [5.74, 6) is -1.21. The zero-order valence-corrected chi connectivity index (χ0v) is 17.7. The van der Waals surface area contributed by atoms with Crippen molar-refractivity contribution in [2.45, 2.75) is 31.1 Å². The molecule has 0 atom stereocenters. The van der Waals surface area contributed by atoms with Gasteiger partial charge in [0, 0.05) is 6.07 Å². The van der Waals surface area contributed by atoms with E-state index in [2.05, 4.69) is 25.8 Å². The lowest BCUT2D eigenvalue weighted by Gasteiger charge is -2.16. The Morgan fingerprint density at radius 1 is 1.15 bits per heavy atom. The average Bonchev–Trinajstić information content (AvgIpc) is 3.38. The molecule has 34 heavy (non-hydrogen) atoms. The maximum atomic E-state index is 13.3. The standard InChI is InChI=1S/C21H18F3N5O5/c1-32-12-2-3-15(14(8-12)21(22,23)24)33-13-9-25-17(26-10-13)11-27-19(31)20(5-6-20)29-18(30)16-4-7-28-34-16/h2-4,7-10H,5-6,11H2,1H3,(H,27,31)(H,29,30). The van der Waals surface area contributed by atoms with Gasteiger partial charge in [-0.1, -0.05) is 5.16 Å². The topological polar surface area (TPSA) is 128 Å². The lowest BCUT2D eigenvalue weighted by Crippen LogP contribution is -2.48. The number of halogens is 3. The van der Waals surface area contributed by atoms with Gasteiger partial charge in [-0.3, -0.25) is 9.59 Å². The molecule has 4 rings (SSSR count). The first-order valence-electron chi connectivity index (χ1n) is 9.96. The van der Waals surface area contributed by atoms with Crippen LogP contribution in [0.1, 0.15) is 34.8 Å². The van der Waals surface area contributed by atoms with E-state index >= 15 is 0 Å². The number of rotatable bonds is 8. The van der Waals surface area contributed by atoms with Gasteiger partial charge in [-0.25, -0.2) is 9.97 Å². The van der Waals surface area contributed by atoms with Crippen LogP contribution >= 0.6 is 0 Å². The highest BCUT2D eigenvalue weighted by Gasteiger charge is 2.51. The molecule has 2 amide bonds. The molecule has 1 aliphatic rings. The van der Waals surface area contributed by atoms with Crippen molar-refractivity contribution < 1.29 is 36.8 Å². The van der Waals surface area contributed by atoms with Crippen molar-refractivity contribution in [3.63, 3.8) is 0 Å². The van der Waals surface area contributed by atoms with Crippen molar-refractivity contribution in [3.8, 4) is 17.2 Å². The van der Waals surface area contributed by atoms with Gasteiger partial charge in [-0.15, -0.1) is 0 Å². The Hall–Kier alpha value is -4.16. The van der Waals surface area contributed by atoms with E-state index in [4.69, 9.17) is 14.0 Å². The molecule has 0 aliphatic heterocycles. The first-order valence-corrected chi connectivity index (χ1v) is 9.96. The largest absolute Gasteiger partial charge is 0.497 e. The number of ether oxygens (including phenoxy) is 2. The van der Waals surface area contributed by atoms with Crippen LogP contribution in [0.2, 0.25) is 0 Å². The highest BCUT2D eigenvalue weighted by Crippen LogP contribution is 2.40. The average molecular weight is 477 g/mol. The van der Waals surface area contributed by atoms with E-state index in [1.807, 2.05) is 0 Å². The highest BCUT2D eigenvalue weighted by molar-refractivity contribution is 5.99. The van der Waals surface area contributed by atoms with Gasteiger partial charge in [0.1, 0.15) is 28.4 Å². The summed E-state index contributed by atoms with van der Waals surface area (Å²) in [5, 5.41) is 8.70. The Bertz CT molecular complexity index is 1180. The molecular formula is C21H18F3N5O5. The predicted molar refractivity (Wildman–Crippen MR) is 108 cm³/mol. The molecule has 13 heteroatoms. The fourth-order valence-corrected chi connectivity index (χ4v) is 3.03. The van der Waals surface area contributed by atoms with E-state index in [9.17, 15) is 22.8 Å². The molecule has 0 bridgehead atoms. The molecule has 1 fully saturated rings. The third-order valence-corrected chi connectivity index (χ3v) is 5.01. The van der Waals surface area contributed by atoms with E-state index in [0.717, 1.165) is 12.1 Å². The number of carbonyl (C=O) groups is 2. The monoisotopic (exact) mass is 477 g/mol. The predicted octanol–water partition coefficient (Wildman–Crippen LogP) is 2.86. The molecular weight excluding hydrogens is 459 g/mol. The van der Waals surface area contributed by atoms with Crippen LogP contribution in [0.4, 0.5) is 13.2 Å². The third-order valence-electron chi connectivity index (χ3n) is 5.01. The molecule has 2 heterocycles. The molecule has 0 radical (unpaired) electrons. The Morgan fingerprint density at radius 3 is 2.47 bits per heavy atom. The second-order valence-corrected chi connectivity index (χ2v) is 7.39. The van der Waals surface area contributed by atoms with Crippen molar-refractivity contribution >= 4 is 11.8 Å². The van der Waals surface area contributed by atoms with Crippen LogP contribution in [-0.4, -0.2) is 39.6 Å². The summed E-state index contributed by atoms with van der Waals surface area (Å²) in [6, 6.07) is 4.68. The van der Waals surface area contributed by atoms with Crippen LogP contribution in [0.15, 0.2) is 47.4 Å². The molecule has 0 saturated heterocycles. The lowest BCUT2D eigenvalue weighted by atomic mass is 10.2. The van der Waals surface area contributed by atoms with Gasteiger partial charge in [0.05, 0.1) is 32.2 Å². The Kier molecular flexibility index (Phi) is 6.09. The molecule has 1 aliphatic carbocycles. The molecule has 178 valence electrons. The summed E-state index contributed by atoms with van der Waals surface area (Å²) in [6.07, 6.45) is -0.0468. The molecule has 1 aromatic carbocycles. The number of carbonyl (C=O) groups excluding carboxylic acids is 2. The van der Waals surface area contributed by atoms with E-state index in [1.165, 1.54) is 37.8 Å². The summed E-state index contributed by atoms with van der Waals surface area (Å²) in [4.78, 5) is 32.7. The van der Waals surface area contributed by atoms with Crippen molar-refractivity contribution in [3.05, 3.63) is 60.0 Å². The molecule has 1 saturated carbocycles. The second-order valence-electron chi connectivity index (χ2n) is 7.39. The number of aromatic nitrogens is 3. The molecule has 3 aromatic rings. The van der Waals surface area contributed by atoms with Gasteiger partial charge in [0.15, 0.2) is 5.75 Å². The van der Waals surface area contributed by atoms with Crippen molar-refractivity contribution in [2.75, 3.05) is 7.11 Å². The quantitative estimate of drug-likeness (QED) is 0.507. The van der Waals surface area contributed by atoms with Crippen LogP contribution in [0.3, 0.4) is 0 Å². The van der Waals surface area contributed by atoms with Gasteiger partial charge in [0.25, 0.3) is 5.91 Å². The first kappa shape index (κ1) is 23.0. The summed E-state index contributed by atoms with van der Waals surface area (Å²) in [7, 11) is 1.26. The van der Waals surface area contributed by atoms with Crippen molar-refractivity contribution in [2.24, 2.45) is 0 Å². The van der Waals surface area contributed by atoms with Gasteiger partial charge >= 0.3 is 6.18 Å². The Balaban J connectivity index is 1.36. The summed E-state index contributed by atoms with van der Waals surface area (Å²) < 4.78 is 54.9. The number of nitrogens with one attached hydrogen (secondary N) is 2. The molecule has 2 aromatic heterocycles. The minimum absolute atomic E-state index is 0.0106. The number of methoxy groups -OCH3 is 1. The summed E-state index contributed by atoms with van der Waals surface area (Å²) in [6.45, 7) is -0.0601. The summed E-state index contributed by atoms with van der Waals surface area (Å²) in [5.41, 5.74) is -2.06. The number of alkyl halides is 3.